The van der Waals surface area contributed by atoms with E-state index in [4.69, 9.17) is 0 Å². The van der Waals surface area contributed by atoms with Gasteiger partial charge in [-0.1, -0.05) is 17.7 Å². The van der Waals surface area contributed by atoms with Crippen molar-refractivity contribution in [1.82, 2.24) is 14.9 Å². The number of benzene rings is 1. The fourth-order valence-electron chi connectivity index (χ4n) is 4.31. The minimum absolute atomic E-state index is 0.176. The summed E-state index contributed by atoms with van der Waals surface area (Å²) in [5.74, 6) is 2.03. The second-order valence-electron chi connectivity index (χ2n) is 7.90. The van der Waals surface area contributed by atoms with Gasteiger partial charge in [0.15, 0.2) is 0 Å². The number of anilines is 1. The van der Waals surface area contributed by atoms with Crippen LogP contribution in [0.1, 0.15) is 32.9 Å². The molecule has 2 aliphatic rings. The zero-order valence-corrected chi connectivity index (χ0v) is 16.0. The molecule has 0 N–H and O–H groups in total. The highest BCUT2D eigenvalue weighted by molar-refractivity contribution is 5.96. The van der Waals surface area contributed by atoms with Gasteiger partial charge >= 0.3 is 0 Å². The minimum Gasteiger partial charge on any atom is -0.340 e. The number of carbonyl (C=O) groups excluding carboxylic acids is 1. The Labute approximate surface area is 155 Å². The molecule has 2 aromatic rings. The number of hydrogen-bond donors (Lipinski definition) is 0. The van der Waals surface area contributed by atoms with E-state index in [9.17, 15) is 4.79 Å². The first kappa shape index (κ1) is 17.0. The SMILES string of the molecule is Cc1ccc(C)c(C(=O)N2CC3CN(c4nc(C)cc(C)n4)CC3C2)c1. The van der Waals surface area contributed by atoms with Gasteiger partial charge in [0.05, 0.1) is 0 Å². The van der Waals surface area contributed by atoms with Crippen LogP contribution in [0.2, 0.25) is 0 Å². The van der Waals surface area contributed by atoms with E-state index in [0.29, 0.717) is 11.8 Å². The molecule has 0 aliphatic carbocycles. The molecule has 0 saturated carbocycles. The maximum Gasteiger partial charge on any atom is 0.254 e. The number of fused-ring (bicyclic) bond motifs is 1. The largest absolute Gasteiger partial charge is 0.340 e. The molecule has 2 unspecified atom stereocenters. The normalized spacial score (nSPS) is 22.0. The van der Waals surface area contributed by atoms with Gasteiger partial charge in [-0.25, -0.2) is 9.97 Å². The lowest BCUT2D eigenvalue weighted by Gasteiger charge is -2.23. The third kappa shape index (κ3) is 3.06. The van der Waals surface area contributed by atoms with Crippen LogP contribution in [0.15, 0.2) is 24.3 Å². The maximum atomic E-state index is 13.0. The van der Waals surface area contributed by atoms with Crippen LogP contribution in [-0.4, -0.2) is 47.0 Å². The van der Waals surface area contributed by atoms with Crippen molar-refractivity contribution in [2.75, 3.05) is 31.1 Å². The van der Waals surface area contributed by atoms with Crippen molar-refractivity contribution in [3.8, 4) is 0 Å². The predicted octanol–water partition coefficient (Wildman–Crippen LogP) is 2.92. The summed E-state index contributed by atoms with van der Waals surface area (Å²) >= 11 is 0. The van der Waals surface area contributed by atoms with Crippen molar-refractivity contribution in [2.45, 2.75) is 27.7 Å². The summed E-state index contributed by atoms with van der Waals surface area (Å²) < 4.78 is 0. The quantitative estimate of drug-likeness (QED) is 0.836. The number of rotatable bonds is 2. The Hall–Kier alpha value is -2.43. The molecule has 26 heavy (non-hydrogen) atoms. The highest BCUT2D eigenvalue weighted by atomic mass is 16.2. The molecule has 3 heterocycles. The monoisotopic (exact) mass is 350 g/mol. The van der Waals surface area contributed by atoms with Gasteiger partial charge in [-0.3, -0.25) is 4.79 Å². The Bertz CT molecular complexity index is 829. The highest BCUT2D eigenvalue weighted by Crippen LogP contribution is 2.33. The van der Waals surface area contributed by atoms with Gasteiger partial charge in [0, 0.05) is 55.0 Å². The van der Waals surface area contributed by atoms with Crippen LogP contribution in [0.5, 0.6) is 0 Å². The zero-order chi connectivity index (χ0) is 18.4. The molecule has 2 atom stereocenters. The van der Waals surface area contributed by atoms with E-state index in [1.165, 1.54) is 0 Å². The van der Waals surface area contributed by atoms with Crippen molar-refractivity contribution in [2.24, 2.45) is 11.8 Å². The van der Waals surface area contributed by atoms with Gasteiger partial charge in [-0.2, -0.15) is 0 Å². The molecule has 1 aromatic heterocycles. The summed E-state index contributed by atoms with van der Waals surface area (Å²) in [4.78, 5) is 26.5. The Morgan fingerprint density at radius 1 is 0.923 bits per heavy atom. The van der Waals surface area contributed by atoms with Crippen LogP contribution in [0, 0.1) is 39.5 Å². The molecule has 2 fully saturated rings. The molecule has 0 bridgehead atoms. The van der Waals surface area contributed by atoms with Crippen molar-refractivity contribution < 1.29 is 4.79 Å². The van der Waals surface area contributed by atoms with E-state index in [1.54, 1.807) is 0 Å². The number of amides is 1. The Morgan fingerprint density at radius 3 is 2.15 bits per heavy atom. The molecule has 136 valence electrons. The number of likely N-dealkylation sites (tertiary alicyclic amines) is 1. The third-order valence-corrected chi connectivity index (χ3v) is 5.65. The van der Waals surface area contributed by atoms with Crippen LogP contribution >= 0.6 is 0 Å². The Balaban J connectivity index is 1.46. The molecule has 2 saturated heterocycles. The van der Waals surface area contributed by atoms with Crippen molar-refractivity contribution >= 4 is 11.9 Å². The van der Waals surface area contributed by atoms with Gasteiger partial charge in [0.1, 0.15) is 0 Å². The van der Waals surface area contributed by atoms with E-state index in [0.717, 1.165) is 60.2 Å². The van der Waals surface area contributed by atoms with Gasteiger partial charge in [0.2, 0.25) is 5.95 Å². The van der Waals surface area contributed by atoms with E-state index in [1.807, 2.05) is 50.8 Å². The molecular weight excluding hydrogens is 324 g/mol. The van der Waals surface area contributed by atoms with E-state index < -0.39 is 0 Å². The van der Waals surface area contributed by atoms with Gasteiger partial charge < -0.3 is 9.80 Å². The number of nitrogens with zero attached hydrogens (tertiary/aromatic N) is 4. The number of aryl methyl sites for hydroxylation is 4. The second kappa shape index (κ2) is 6.38. The van der Waals surface area contributed by atoms with Gasteiger partial charge in [-0.05, 0) is 45.4 Å². The summed E-state index contributed by atoms with van der Waals surface area (Å²) in [7, 11) is 0. The number of aromatic nitrogens is 2. The molecule has 5 heteroatoms. The van der Waals surface area contributed by atoms with E-state index in [-0.39, 0.29) is 5.91 Å². The summed E-state index contributed by atoms with van der Waals surface area (Å²) in [5, 5.41) is 0. The van der Waals surface area contributed by atoms with Crippen LogP contribution in [0.4, 0.5) is 5.95 Å². The maximum absolute atomic E-state index is 13.0. The van der Waals surface area contributed by atoms with Crippen molar-refractivity contribution in [3.63, 3.8) is 0 Å². The molecule has 1 aromatic carbocycles. The number of hydrogen-bond acceptors (Lipinski definition) is 4. The lowest BCUT2D eigenvalue weighted by molar-refractivity contribution is 0.0781. The first-order chi connectivity index (χ1) is 12.4. The van der Waals surface area contributed by atoms with Crippen LogP contribution in [-0.2, 0) is 0 Å². The fraction of sp³-hybridized carbons (Fsp3) is 0.476. The van der Waals surface area contributed by atoms with E-state index >= 15 is 0 Å². The lowest BCUT2D eigenvalue weighted by Crippen LogP contribution is -2.34. The summed E-state index contributed by atoms with van der Waals surface area (Å²) in [6.07, 6.45) is 0. The van der Waals surface area contributed by atoms with Crippen molar-refractivity contribution in [3.05, 3.63) is 52.3 Å². The summed E-state index contributed by atoms with van der Waals surface area (Å²) in [6.45, 7) is 11.6. The molecule has 2 aliphatic heterocycles. The van der Waals surface area contributed by atoms with Crippen LogP contribution in [0.3, 0.4) is 0 Å². The average molecular weight is 350 g/mol. The van der Waals surface area contributed by atoms with Crippen LogP contribution in [0.25, 0.3) is 0 Å². The van der Waals surface area contributed by atoms with E-state index in [2.05, 4.69) is 20.9 Å². The van der Waals surface area contributed by atoms with Gasteiger partial charge in [-0.15, -0.1) is 0 Å². The Kier molecular flexibility index (Phi) is 4.17. The van der Waals surface area contributed by atoms with Crippen molar-refractivity contribution in [1.29, 1.82) is 0 Å². The summed E-state index contributed by atoms with van der Waals surface area (Å²) in [5.41, 5.74) is 5.06. The number of carbonyl (C=O) groups is 1. The third-order valence-electron chi connectivity index (χ3n) is 5.65. The smallest absolute Gasteiger partial charge is 0.254 e. The molecule has 5 nitrogen and oxygen atoms in total. The van der Waals surface area contributed by atoms with Crippen LogP contribution < -0.4 is 4.90 Å². The fourth-order valence-corrected chi connectivity index (χ4v) is 4.31. The zero-order valence-electron chi connectivity index (χ0n) is 16.0. The first-order valence-electron chi connectivity index (χ1n) is 9.34. The summed E-state index contributed by atoms with van der Waals surface area (Å²) in [6, 6.07) is 8.12. The lowest BCUT2D eigenvalue weighted by atomic mass is 10.0. The molecule has 4 rings (SSSR count). The average Bonchev–Trinajstić information content (AvgIpc) is 3.14. The highest BCUT2D eigenvalue weighted by Gasteiger charge is 2.42. The minimum atomic E-state index is 0.176. The standard InChI is InChI=1S/C21H26N4O/c1-13-5-6-14(2)19(7-13)20(26)24-9-17-11-25(12-18(17)10-24)21-22-15(3)8-16(4)23-21/h5-8,17-18H,9-12H2,1-4H3. The molecule has 1 amide bonds. The molecular formula is C21H26N4O. The van der Waals surface area contributed by atoms with Gasteiger partial charge in [0.25, 0.3) is 5.91 Å². The molecule has 0 spiro atoms. The predicted molar refractivity (Wildman–Crippen MR) is 103 cm³/mol. The topological polar surface area (TPSA) is 49.3 Å². The second-order valence-corrected chi connectivity index (χ2v) is 7.90. The Morgan fingerprint density at radius 2 is 1.54 bits per heavy atom. The molecule has 0 radical (unpaired) electrons. The first-order valence-corrected chi connectivity index (χ1v) is 9.34.